The number of aromatic nitrogens is 2. The Bertz CT molecular complexity index is 447. The van der Waals surface area contributed by atoms with Crippen LogP contribution in [0.5, 0.6) is 0 Å². The summed E-state index contributed by atoms with van der Waals surface area (Å²) >= 11 is 0. The second kappa shape index (κ2) is 3.33. The van der Waals surface area contributed by atoms with Gasteiger partial charge in [-0.3, -0.25) is 0 Å². The lowest BCUT2D eigenvalue weighted by Crippen LogP contribution is -2.21. The van der Waals surface area contributed by atoms with E-state index >= 15 is 0 Å². The molecular weight excluding hydrogens is 178 g/mol. The van der Waals surface area contributed by atoms with Crippen molar-refractivity contribution in [2.24, 2.45) is 5.73 Å². The fraction of sp³-hybridized carbons (Fsp3) is 0. The van der Waals surface area contributed by atoms with Crippen LogP contribution in [0.2, 0.25) is 0 Å². The first-order chi connectivity index (χ1) is 6.79. The summed E-state index contributed by atoms with van der Waals surface area (Å²) in [6.45, 7) is 0. The average molecular weight is 186 g/mol. The Labute approximate surface area is 81.0 Å². The quantitative estimate of drug-likeness (QED) is 0.729. The molecule has 1 radical (unpaired) electrons. The van der Waals surface area contributed by atoms with Gasteiger partial charge in [-0.15, -0.1) is 0 Å². The summed E-state index contributed by atoms with van der Waals surface area (Å²) in [6, 6.07) is 10.4. The maximum Gasteiger partial charge on any atom is 0.340 e. The van der Waals surface area contributed by atoms with Crippen LogP contribution in [0.4, 0.5) is 4.79 Å². The first-order valence-electron chi connectivity index (χ1n) is 4.10. The highest BCUT2D eigenvalue weighted by Gasteiger charge is 2.08. The maximum atomic E-state index is 11.0. The van der Waals surface area contributed by atoms with Crippen LogP contribution in [-0.4, -0.2) is 15.8 Å². The molecule has 0 spiro atoms. The number of carbonyl (C=O) groups excluding carboxylic acids is 1. The van der Waals surface area contributed by atoms with Crippen molar-refractivity contribution in [3.05, 3.63) is 42.6 Å². The lowest BCUT2D eigenvalue weighted by molar-refractivity contribution is 0.248. The van der Waals surface area contributed by atoms with E-state index < -0.39 is 6.03 Å². The summed E-state index contributed by atoms with van der Waals surface area (Å²) in [5.74, 6) is 0. The highest BCUT2D eigenvalue weighted by atomic mass is 16.2. The van der Waals surface area contributed by atoms with E-state index in [1.807, 2.05) is 30.3 Å². The Morgan fingerprint density at radius 3 is 2.71 bits per heavy atom. The molecule has 1 aromatic heterocycles. The van der Waals surface area contributed by atoms with E-state index in [0.717, 1.165) is 10.2 Å². The number of nitrogens with zero attached hydrogens (tertiary/aromatic N) is 2. The van der Waals surface area contributed by atoms with E-state index in [1.54, 1.807) is 6.07 Å². The lowest BCUT2D eigenvalue weighted by atomic mass is 10.1. The van der Waals surface area contributed by atoms with Crippen LogP contribution in [0.1, 0.15) is 0 Å². The smallest absolute Gasteiger partial charge is 0.340 e. The fourth-order valence-electron chi connectivity index (χ4n) is 1.25. The Hall–Kier alpha value is -2.10. The predicted octanol–water partition coefficient (Wildman–Crippen LogP) is 1.28. The number of primary amides is 1. The van der Waals surface area contributed by atoms with Crippen molar-refractivity contribution < 1.29 is 4.79 Å². The van der Waals surface area contributed by atoms with E-state index in [-0.39, 0.29) is 0 Å². The second-order valence-electron chi connectivity index (χ2n) is 2.77. The SMILES string of the molecule is NC(=O)n1n[c]cc1-c1ccccc1. The van der Waals surface area contributed by atoms with Gasteiger partial charge in [0.1, 0.15) is 6.20 Å². The zero-order chi connectivity index (χ0) is 9.97. The van der Waals surface area contributed by atoms with Crippen LogP contribution in [0, 0.1) is 6.20 Å². The molecule has 0 saturated carbocycles. The summed E-state index contributed by atoms with van der Waals surface area (Å²) < 4.78 is 1.12. The van der Waals surface area contributed by atoms with Crippen molar-refractivity contribution in [2.45, 2.75) is 0 Å². The molecule has 2 aromatic rings. The van der Waals surface area contributed by atoms with Gasteiger partial charge in [0.2, 0.25) is 0 Å². The molecule has 0 fully saturated rings. The third-order valence-corrected chi connectivity index (χ3v) is 1.87. The first-order valence-corrected chi connectivity index (χ1v) is 4.10. The topological polar surface area (TPSA) is 60.9 Å². The molecule has 4 nitrogen and oxygen atoms in total. The molecule has 0 aliphatic carbocycles. The molecule has 1 heterocycles. The Morgan fingerprint density at radius 2 is 2.07 bits per heavy atom. The zero-order valence-electron chi connectivity index (χ0n) is 7.34. The molecule has 1 amide bonds. The third-order valence-electron chi connectivity index (χ3n) is 1.87. The van der Waals surface area contributed by atoms with Gasteiger partial charge in [0, 0.05) is 5.56 Å². The van der Waals surface area contributed by atoms with Crippen LogP contribution in [0.15, 0.2) is 36.4 Å². The molecule has 0 aliphatic rings. The summed E-state index contributed by atoms with van der Waals surface area (Å²) in [5.41, 5.74) is 6.68. The Kier molecular flexibility index (Phi) is 2.02. The molecule has 0 atom stereocenters. The standard InChI is InChI=1S/C10H8N3O/c11-10(14)13-9(6-7-12-13)8-4-2-1-3-5-8/h1-6H,(H2,11,14). The third kappa shape index (κ3) is 1.37. The second-order valence-corrected chi connectivity index (χ2v) is 2.77. The number of carbonyl (C=O) groups is 1. The number of amides is 1. The molecule has 0 bridgehead atoms. The predicted molar refractivity (Wildman–Crippen MR) is 51.5 cm³/mol. The van der Waals surface area contributed by atoms with Crippen molar-refractivity contribution in [3.8, 4) is 11.3 Å². The van der Waals surface area contributed by atoms with Crippen LogP contribution < -0.4 is 5.73 Å². The summed E-state index contributed by atoms with van der Waals surface area (Å²) in [7, 11) is 0. The van der Waals surface area contributed by atoms with E-state index in [9.17, 15) is 4.79 Å². The van der Waals surface area contributed by atoms with Crippen molar-refractivity contribution in [1.82, 2.24) is 9.78 Å². The van der Waals surface area contributed by atoms with Gasteiger partial charge in [0.25, 0.3) is 0 Å². The summed E-state index contributed by atoms with van der Waals surface area (Å²) in [6.07, 6.45) is 2.59. The Morgan fingerprint density at radius 1 is 1.36 bits per heavy atom. The molecule has 4 heteroatoms. The largest absolute Gasteiger partial charge is 0.350 e. The number of benzene rings is 1. The van der Waals surface area contributed by atoms with Gasteiger partial charge >= 0.3 is 6.03 Å². The normalized spacial score (nSPS) is 10.0. The van der Waals surface area contributed by atoms with Gasteiger partial charge in [0.05, 0.1) is 5.69 Å². The van der Waals surface area contributed by atoms with Crippen molar-refractivity contribution >= 4 is 6.03 Å². The maximum absolute atomic E-state index is 11.0. The van der Waals surface area contributed by atoms with Crippen molar-refractivity contribution in [3.63, 3.8) is 0 Å². The average Bonchev–Trinajstić information content (AvgIpc) is 2.67. The first kappa shape index (κ1) is 8.50. The van der Waals surface area contributed by atoms with Crippen LogP contribution >= 0.6 is 0 Å². The molecule has 14 heavy (non-hydrogen) atoms. The molecule has 2 rings (SSSR count). The molecule has 0 unspecified atom stereocenters. The van der Waals surface area contributed by atoms with Crippen LogP contribution in [0.3, 0.4) is 0 Å². The van der Waals surface area contributed by atoms with Crippen LogP contribution in [0.25, 0.3) is 11.3 Å². The lowest BCUT2D eigenvalue weighted by Gasteiger charge is -2.01. The monoisotopic (exact) mass is 186 g/mol. The zero-order valence-corrected chi connectivity index (χ0v) is 7.34. The fourth-order valence-corrected chi connectivity index (χ4v) is 1.25. The minimum Gasteiger partial charge on any atom is -0.350 e. The van der Waals surface area contributed by atoms with Gasteiger partial charge in [-0.05, 0) is 6.07 Å². The van der Waals surface area contributed by atoms with Gasteiger partial charge in [0.15, 0.2) is 0 Å². The highest BCUT2D eigenvalue weighted by Crippen LogP contribution is 2.17. The molecular formula is C10H8N3O. The Balaban J connectivity index is 2.52. The van der Waals surface area contributed by atoms with Gasteiger partial charge in [-0.25, -0.2) is 4.79 Å². The number of hydrogen-bond acceptors (Lipinski definition) is 2. The van der Waals surface area contributed by atoms with Gasteiger partial charge < -0.3 is 5.73 Å². The number of nitrogens with two attached hydrogens (primary N) is 1. The highest BCUT2D eigenvalue weighted by molar-refractivity contribution is 5.79. The van der Waals surface area contributed by atoms with Gasteiger partial charge in [-0.2, -0.15) is 9.78 Å². The summed E-state index contributed by atoms with van der Waals surface area (Å²) in [5, 5.41) is 3.71. The molecule has 0 aliphatic heterocycles. The van der Waals surface area contributed by atoms with Crippen molar-refractivity contribution in [2.75, 3.05) is 0 Å². The van der Waals surface area contributed by atoms with E-state index in [0.29, 0.717) is 5.69 Å². The summed E-state index contributed by atoms with van der Waals surface area (Å²) in [4.78, 5) is 11.0. The van der Waals surface area contributed by atoms with Crippen LogP contribution in [-0.2, 0) is 0 Å². The van der Waals surface area contributed by atoms with E-state index in [2.05, 4.69) is 11.3 Å². The molecule has 0 saturated heterocycles. The van der Waals surface area contributed by atoms with E-state index in [4.69, 9.17) is 5.73 Å². The number of rotatable bonds is 1. The molecule has 69 valence electrons. The van der Waals surface area contributed by atoms with Crippen molar-refractivity contribution in [1.29, 1.82) is 0 Å². The van der Waals surface area contributed by atoms with Gasteiger partial charge in [-0.1, -0.05) is 30.3 Å². The minimum atomic E-state index is -0.606. The molecule has 2 N–H and O–H groups in total. The minimum absolute atomic E-state index is 0.606. The number of hydrogen-bond donors (Lipinski definition) is 1. The molecule has 1 aromatic carbocycles. The van der Waals surface area contributed by atoms with E-state index in [1.165, 1.54) is 0 Å².